The SMILES string of the molecule is C=CC.CC1(C)c2cc(Nc3ccc(-c4ccccc4)cc3)ccc2-c2ccc(C3=CCC(c4ccc(-c5ccccc5)cc4)C=C3)cc21.c1ccc(-c2cccc(-c3ccccc3)c2)cc1. The van der Waals surface area contributed by atoms with Gasteiger partial charge in [0.15, 0.2) is 0 Å². The molecule has 0 aromatic heterocycles. The normalized spacial score (nSPS) is 13.9. The molecule has 0 radical (unpaired) electrons. The minimum atomic E-state index is -0.0858. The Labute approximate surface area is 398 Å². The smallest absolute Gasteiger partial charge is 0.0387 e. The number of hydrogen-bond acceptors (Lipinski definition) is 1. The van der Waals surface area contributed by atoms with Gasteiger partial charge >= 0.3 is 0 Å². The van der Waals surface area contributed by atoms with Crippen LogP contribution in [0, 0.1) is 0 Å². The summed E-state index contributed by atoms with van der Waals surface area (Å²) in [6.45, 7) is 9.97. The third kappa shape index (κ3) is 10.1. The van der Waals surface area contributed by atoms with Crippen LogP contribution in [0.3, 0.4) is 0 Å². The fourth-order valence-electron chi connectivity index (χ4n) is 9.31. The first-order chi connectivity index (χ1) is 32.9. The molecule has 1 heteroatoms. The van der Waals surface area contributed by atoms with Gasteiger partial charge in [0.05, 0.1) is 0 Å². The molecule has 2 aliphatic carbocycles. The number of fused-ring (bicyclic) bond motifs is 3. The molecule has 0 heterocycles. The van der Waals surface area contributed by atoms with Crippen LogP contribution in [0.4, 0.5) is 11.4 Å². The maximum absolute atomic E-state index is 3.65. The molecular formula is C66H57N. The highest BCUT2D eigenvalue weighted by Crippen LogP contribution is 2.50. The zero-order chi connectivity index (χ0) is 46.0. The van der Waals surface area contributed by atoms with Crippen molar-refractivity contribution in [1.29, 1.82) is 0 Å². The summed E-state index contributed by atoms with van der Waals surface area (Å²) >= 11 is 0. The second kappa shape index (κ2) is 20.4. The lowest BCUT2D eigenvalue weighted by molar-refractivity contribution is 0.660. The van der Waals surface area contributed by atoms with Crippen molar-refractivity contribution in [2.24, 2.45) is 0 Å². The van der Waals surface area contributed by atoms with Crippen LogP contribution in [0.15, 0.2) is 261 Å². The Kier molecular flexibility index (Phi) is 13.5. The molecule has 1 N–H and O–H groups in total. The molecule has 0 bridgehead atoms. The number of rotatable bonds is 8. The molecule has 11 rings (SSSR count). The minimum absolute atomic E-state index is 0.0858. The molecule has 326 valence electrons. The summed E-state index contributed by atoms with van der Waals surface area (Å²) in [5.41, 5.74) is 21.6. The molecule has 0 saturated carbocycles. The van der Waals surface area contributed by atoms with Crippen molar-refractivity contribution in [2.75, 3.05) is 5.32 Å². The fraction of sp³-hybridized carbons (Fsp3) is 0.0909. The highest BCUT2D eigenvalue weighted by Gasteiger charge is 2.36. The van der Waals surface area contributed by atoms with Crippen LogP contribution in [0.2, 0.25) is 0 Å². The zero-order valence-electron chi connectivity index (χ0n) is 38.7. The van der Waals surface area contributed by atoms with Crippen LogP contribution in [0.1, 0.15) is 55.4 Å². The first kappa shape index (κ1) is 44.2. The van der Waals surface area contributed by atoms with Gasteiger partial charge in [-0.15, -0.1) is 6.58 Å². The molecule has 1 atom stereocenters. The number of hydrogen-bond donors (Lipinski definition) is 1. The predicted octanol–water partition coefficient (Wildman–Crippen LogP) is 18.4. The van der Waals surface area contributed by atoms with E-state index in [1.165, 1.54) is 83.5 Å². The van der Waals surface area contributed by atoms with Crippen molar-refractivity contribution in [2.45, 2.75) is 38.5 Å². The lowest BCUT2D eigenvalue weighted by Gasteiger charge is -2.23. The standard InChI is InChI=1S/C45H37N.C18H14.C3H6/c1-45(2)43-29-38(37-19-17-35(18-20-37)34-15-13-33(14-16-34)31-9-5-3-6-10-31)23-27-41(43)42-28-26-40(30-44(42)45)46-39-24-21-36(22-25-39)32-11-7-4-8-12-32;1-3-8-15(9-4-1)17-12-7-13-18(14-17)16-10-5-2-6-11-16;1-3-2/h3-17,19-30,35,46H,18H2,1-2H3;1-14H;3H,1H2,2H3. The minimum Gasteiger partial charge on any atom is -0.356 e. The predicted molar refractivity (Wildman–Crippen MR) is 289 cm³/mol. The van der Waals surface area contributed by atoms with Gasteiger partial charge in [0.25, 0.3) is 0 Å². The quantitative estimate of drug-likeness (QED) is 0.150. The monoisotopic (exact) mass is 863 g/mol. The van der Waals surface area contributed by atoms with Crippen LogP contribution in [0.25, 0.3) is 61.2 Å². The number of benzene rings is 9. The van der Waals surface area contributed by atoms with E-state index in [-0.39, 0.29) is 5.41 Å². The van der Waals surface area contributed by atoms with Crippen LogP contribution in [-0.4, -0.2) is 0 Å². The van der Waals surface area contributed by atoms with E-state index in [1.807, 2.05) is 19.1 Å². The molecule has 1 unspecified atom stereocenters. The lowest BCUT2D eigenvalue weighted by atomic mass is 9.81. The summed E-state index contributed by atoms with van der Waals surface area (Å²) in [6, 6.07) is 82.4. The fourth-order valence-corrected chi connectivity index (χ4v) is 9.31. The Hall–Kier alpha value is -8.00. The largest absolute Gasteiger partial charge is 0.356 e. The van der Waals surface area contributed by atoms with E-state index in [1.54, 1.807) is 6.08 Å². The highest BCUT2D eigenvalue weighted by atomic mass is 14.9. The van der Waals surface area contributed by atoms with Crippen LogP contribution in [-0.2, 0) is 5.41 Å². The van der Waals surface area contributed by atoms with E-state index in [0.717, 1.165) is 17.8 Å². The zero-order valence-corrected chi connectivity index (χ0v) is 38.7. The van der Waals surface area contributed by atoms with E-state index in [2.05, 4.69) is 262 Å². The first-order valence-corrected chi connectivity index (χ1v) is 23.4. The average molecular weight is 864 g/mol. The average Bonchev–Trinajstić information content (AvgIpc) is 3.62. The van der Waals surface area contributed by atoms with Gasteiger partial charge in [-0.2, -0.15) is 0 Å². The van der Waals surface area contributed by atoms with Crippen LogP contribution in [0.5, 0.6) is 0 Å². The summed E-state index contributed by atoms with van der Waals surface area (Å²) < 4.78 is 0. The molecule has 0 fully saturated rings. The van der Waals surface area contributed by atoms with E-state index < -0.39 is 0 Å². The number of anilines is 2. The van der Waals surface area contributed by atoms with E-state index in [4.69, 9.17) is 0 Å². The third-order valence-corrected chi connectivity index (χ3v) is 12.9. The van der Waals surface area contributed by atoms with Crippen molar-refractivity contribution < 1.29 is 0 Å². The second-order valence-electron chi connectivity index (χ2n) is 17.8. The molecular weight excluding hydrogens is 807 g/mol. The molecule has 9 aromatic carbocycles. The van der Waals surface area contributed by atoms with Crippen molar-refractivity contribution in [1.82, 2.24) is 0 Å². The van der Waals surface area contributed by atoms with Crippen molar-refractivity contribution in [3.8, 4) is 55.6 Å². The molecule has 1 nitrogen and oxygen atoms in total. The molecule has 2 aliphatic rings. The number of allylic oxidation sites excluding steroid dienone is 5. The van der Waals surface area contributed by atoms with Gasteiger partial charge in [0, 0.05) is 22.7 Å². The summed E-state index contributed by atoms with van der Waals surface area (Å²) in [4.78, 5) is 0. The van der Waals surface area contributed by atoms with Gasteiger partial charge in [-0.25, -0.2) is 0 Å². The van der Waals surface area contributed by atoms with Crippen molar-refractivity contribution in [3.63, 3.8) is 0 Å². The molecule has 0 aliphatic heterocycles. The van der Waals surface area contributed by atoms with Crippen molar-refractivity contribution in [3.05, 3.63) is 284 Å². The maximum atomic E-state index is 3.65. The summed E-state index contributed by atoms with van der Waals surface area (Å²) in [6.07, 6.45) is 9.88. The molecule has 0 spiro atoms. The lowest BCUT2D eigenvalue weighted by Crippen LogP contribution is -2.15. The summed E-state index contributed by atoms with van der Waals surface area (Å²) in [5, 5.41) is 3.65. The van der Waals surface area contributed by atoms with Crippen molar-refractivity contribution >= 4 is 16.9 Å². The van der Waals surface area contributed by atoms with E-state index in [0.29, 0.717) is 5.92 Å². The van der Waals surface area contributed by atoms with E-state index in [9.17, 15) is 0 Å². The summed E-state index contributed by atoms with van der Waals surface area (Å²) in [7, 11) is 0. The number of nitrogens with one attached hydrogen (secondary N) is 1. The second-order valence-corrected chi connectivity index (χ2v) is 17.8. The molecule has 9 aromatic rings. The molecule has 67 heavy (non-hydrogen) atoms. The van der Waals surface area contributed by atoms with E-state index >= 15 is 0 Å². The maximum Gasteiger partial charge on any atom is 0.0387 e. The molecule has 0 amide bonds. The summed E-state index contributed by atoms with van der Waals surface area (Å²) in [5.74, 6) is 0.407. The van der Waals surface area contributed by atoms with Gasteiger partial charge in [0.2, 0.25) is 0 Å². The Morgan fingerprint density at radius 1 is 0.433 bits per heavy atom. The Bertz CT molecular complexity index is 3070. The van der Waals surface area contributed by atoms with Gasteiger partial charge in [-0.1, -0.05) is 232 Å². The van der Waals surface area contributed by atoms with Gasteiger partial charge in [0.1, 0.15) is 0 Å². The first-order valence-electron chi connectivity index (χ1n) is 23.4. The van der Waals surface area contributed by atoms with Gasteiger partial charge in [-0.05, 0) is 133 Å². The Morgan fingerprint density at radius 3 is 1.33 bits per heavy atom. The molecule has 0 saturated heterocycles. The van der Waals surface area contributed by atoms with Crippen LogP contribution < -0.4 is 5.32 Å². The Balaban J connectivity index is 0.000000222. The third-order valence-electron chi connectivity index (χ3n) is 12.9. The highest BCUT2D eigenvalue weighted by molar-refractivity contribution is 5.86. The topological polar surface area (TPSA) is 12.0 Å². The Morgan fingerprint density at radius 2 is 0.836 bits per heavy atom. The van der Waals surface area contributed by atoms with Gasteiger partial charge < -0.3 is 5.32 Å². The van der Waals surface area contributed by atoms with Crippen LogP contribution >= 0.6 is 0 Å². The van der Waals surface area contributed by atoms with Gasteiger partial charge in [-0.3, -0.25) is 0 Å².